The first-order valence-electron chi connectivity index (χ1n) is 4.52. The first-order valence-corrected chi connectivity index (χ1v) is 4.52. The van der Waals surface area contributed by atoms with Crippen LogP contribution in [-0.2, 0) is 4.79 Å². The molecule has 13 heavy (non-hydrogen) atoms. The van der Waals surface area contributed by atoms with Crippen molar-refractivity contribution in [1.82, 2.24) is 5.32 Å². The fourth-order valence-corrected chi connectivity index (χ4v) is 1.26. The molecule has 0 rings (SSSR count). The summed E-state index contributed by atoms with van der Waals surface area (Å²) in [4.78, 5) is 11.6. The van der Waals surface area contributed by atoms with Crippen LogP contribution in [0.15, 0.2) is 0 Å². The summed E-state index contributed by atoms with van der Waals surface area (Å²) in [5, 5.41) is 10.8. The van der Waals surface area contributed by atoms with Crippen LogP contribution in [0.1, 0.15) is 26.7 Å². The summed E-state index contributed by atoms with van der Waals surface area (Å²) in [7, 11) is 0. The van der Waals surface area contributed by atoms with Crippen molar-refractivity contribution in [2.75, 3.05) is 13.1 Å². The summed E-state index contributed by atoms with van der Waals surface area (Å²) >= 11 is 0. The second kappa shape index (κ2) is 5.55. The van der Waals surface area contributed by atoms with Gasteiger partial charge in [0.25, 0.3) is 0 Å². The average molecular weight is 183 g/mol. The van der Waals surface area contributed by atoms with Gasteiger partial charge < -0.3 is 11.1 Å². The number of nitrogens with one attached hydrogen (secondary N) is 1. The molecule has 3 N–H and O–H groups in total. The van der Waals surface area contributed by atoms with E-state index in [9.17, 15) is 4.79 Å². The van der Waals surface area contributed by atoms with E-state index in [0.717, 1.165) is 0 Å². The lowest BCUT2D eigenvalue weighted by Crippen LogP contribution is -2.45. The summed E-state index contributed by atoms with van der Waals surface area (Å²) < 4.78 is 0. The van der Waals surface area contributed by atoms with Crippen molar-refractivity contribution in [3.8, 4) is 6.07 Å². The molecular weight excluding hydrogens is 166 g/mol. The summed E-state index contributed by atoms with van der Waals surface area (Å²) in [5.74, 6) is -0.110. The molecule has 0 aromatic heterocycles. The van der Waals surface area contributed by atoms with Gasteiger partial charge in [0.1, 0.15) is 6.54 Å². The zero-order valence-electron chi connectivity index (χ0n) is 8.26. The van der Waals surface area contributed by atoms with E-state index in [4.69, 9.17) is 11.0 Å². The lowest BCUT2D eigenvalue weighted by atomic mass is 9.81. The lowest BCUT2D eigenvalue weighted by molar-refractivity contribution is -0.130. The van der Waals surface area contributed by atoms with E-state index in [1.165, 1.54) is 0 Å². The van der Waals surface area contributed by atoms with Crippen LogP contribution in [0, 0.1) is 16.7 Å². The van der Waals surface area contributed by atoms with E-state index in [0.29, 0.717) is 19.4 Å². The standard InChI is InChI=1S/C9H17N3O/c1-3-9(4-2,7-11)8(13)12-6-5-10/h3-4,6-7,11H2,1-2H3,(H,12,13). The molecule has 0 fully saturated rings. The molecule has 74 valence electrons. The van der Waals surface area contributed by atoms with Gasteiger partial charge in [0.05, 0.1) is 11.5 Å². The third kappa shape index (κ3) is 2.71. The number of nitrogens with zero attached hydrogens (tertiary/aromatic N) is 1. The average Bonchev–Trinajstić information content (AvgIpc) is 2.18. The van der Waals surface area contributed by atoms with Crippen molar-refractivity contribution in [2.45, 2.75) is 26.7 Å². The van der Waals surface area contributed by atoms with Gasteiger partial charge in [-0.25, -0.2) is 0 Å². The quantitative estimate of drug-likeness (QED) is 0.605. The highest BCUT2D eigenvalue weighted by atomic mass is 16.2. The molecule has 0 radical (unpaired) electrons. The highest BCUT2D eigenvalue weighted by Gasteiger charge is 2.32. The summed E-state index contributed by atoms with van der Waals surface area (Å²) in [6.07, 6.45) is 1.41. The Balaban J connectivity index is 4.37. The number of carbonyl (C=O) groups excluding carboxylic acids is 1. The number of nitrogens with two attached hydrogens (primary N) is 1. The first-order chi connectivity index (χ1) is 6.16. The van der Waals surface area contributed by atoms with E-state index in [-0.39, 0.29) is 12.5 Å². The Morgan fingerprint density at radius 1 is 1.54 bits per heavy atom. The predicted molar refractivity (Wildman–Crippen MR) is 50.7 cm³/mol. The van der Waals surface area contributed by atoms with Crippen LogP contribution in [0.5, 0.6) is 0 Å². The van der Waals surface area contributed by atoms with Crippen molar-refractivity contribution in [3.05, 3.63) is 0 Å². The van der Waals surface area contributed by atoms with Gasteiger partial charge in [0.2, 0.25) is 5.91 Å². The Morgan fingerprint density at radius 2 is 2.08 bits per heavy atom. The van der Waals surface area contributed by atoms with E-state index >= 15 is 0 Å². The van der Waals surface area contributed by atoms with Crippen molar-refractivity contribution in [1.29, 1.82) is 5.26 Å². The van der Waals surface area contributed by atoms with E-state index in [1.807, 2.05) is 19.9 Å². The van der Waals surface area contributed by atoms with Gasteiger partial charge in [-0.1, -0.05) is 13.8 Å². The number of hydrogen-bond acceptors (Lipinski definition) is 3. The van der Waals surface area contributed by atoms with Crippen LogP contribution in [0.25, 0.3) is 0 Å². The van der Waals surface area contributed by atoms with Gasteiger partial charge >= 0.3 is 0 Å². The zero-order chi connectivity index (χ0) is 10.3. The lowest BCUT2D eigenvalue weighted by Gasteiger charge is -2.27. The van der Waals surface area contributed by atoms with Gasteiger partial charge in [-0.15, -0.1) is 0 Å². The van der Waals surface area contributed by atoms with Crippen LogP contribution in [0.4, 0.5) is 0 Å². The minimum atomic E-state index is -0.489. The van der Waals surface area contributed by atoms with E-state index in [2.05, 4.69) is 5.32 Å². The van der Waals surface area contributed by atoms with Gasteiger partial charge in [-0.3, -0.25) is 4.79 Å². The van der Waals surface area contributed by atoms with Gasteiger partial charge in [-0.05, 0) is 12.8 Å². The topological polar surface area (TPSA) is 78.9 Å². The number of carbonyl (C=O) groups is 1. The van der Waals surface area contributed by atoms with Crippen molar-refractivity contribution in [3.63, 3.8) is 0 Å². The minimum Gasteiger partial charge on any atom is -0.342 e. The smallest absolute Gasteiger partial charge is 0.228 e. The first kappa shape index (κ1) is 11.9. The number of rotatable bonds is 5. The Labute approximate surface area is 79.1 Å². The summed E-state index contributed by atoms with van der Waals surface area (Å²) in [5.41, 5.74) is 5.07. The summed E-state index contributed by atoms with van der Waals surface area (Å²) in [6, 6.07) is 1.87. The molecule has 0 aromatic rings. The van der Waals surface area contributed by atoms with Crippen LogP contribution >= 0.6 is 0 Å². The molecule has 4 heteroatoms. The largest absolute Gasteiger partial charge is 0.342 e. The van der Waals surface area contributed by atoms with Crippen LogP contribution in [0.3, 0.4) is 0 Å². The molecule has 0 unspecified atom stereocenters. The highest BCUT2D eigenvalue weighted by molar-refractivity contribution is 5.82. The molecule has 0 spiro atoms. The maximum atomic E-state index is 11.6. The maximum Gasteiger partial charge on any atom is 0.228 e. The molecule has 0 aliphatic heterocycles. The fraction of sp³-hybridized carbons (Fsp3) is 0.778. The van der Waals surface area contributed by atoms with Gasteiger partial charge in [-0.2, -0.15) is 5.26 Å². The van der Waals surface area contributed by atoms with E-state index in [1.54, 1.807) is 0 Å². The Bertz CT molecular complexity index is 195. The second-order valence-corrected chi connectivity index (χ2v) is 3.03. The third-order valence-electron chi connectivity index (χ3n) is 2.55. The molecule has 4 nitrogen and oxygen atoms in total. The molecule has 0 bridgehead atoms. The molecule has 0 aliphatic carbocycles. The molecule has 0 atom stereocenters. The van der Waals surface area contributed by atoms with Crippen molar-refractivity contribution >= 4 is 5.91 Å². The Morgan fingerprint density at radius 3 is 2.38 bits per heavy atom. The third-order valence-corrected chi connectivity index (χ3v) is 2.55. The zero-order valence-corrected chi connectivity index (χ0v) is 8.26. The van der Waals surface area contributed by atoms with Crippen molar-refractivity contribution < 1.29 is 4.79 Å². The van der Waals surface area contributed by atoms with E-state index < -0.39 is 5.41 Å². The normalized spacial score (nSPS) is 10.6. The highest BCUT2D eigenvalue weighted by Crippen LogP contribution is 2.24. The van der Waals surface area contributed by atoms with Gasteiger partial charge in [0, 0.05) is 6.54 Å². The SMILES string of the molecule is CCC(CC)(CN)C(=O)NCC#N. The fourth-order valence-electron chi connectivity index (χ4n) is 1.26. The molecule has 0 aliphatic rings. The number of amides is 1. The monoisotopic (exact) mass is 183 g/mol. The maximum absolute atomic E-state index is 11.6. The molecule has 0 aromatic carbocycles. The molecule has 1 amide bonds. The number of hydrogen-bond donors (Lipinski definition) is 2. The Kier molecular flexibility index (Phi) is 5.09. The van der Waals surface area contributed by atoms with Crippen LogP contribution in [-0.4, -0.2) is 19.0 Å². The Hall–Kier alpha value is -1.08. The van der Waals surface area contributed by atoms with Gasteiger partial charge in [0.15, 0.2) is 0 Å². The second-order valence-electron chi connectivity index (χ2n) is 3.03. The molecular formula is C9H17N3O. The minimum absolute atomic E-state index is 0.0561. The number of nitriles is 1. The van der Waals surface area contributed by atoms with Crippen molar-refractivity contribution in [2.24, 2.45) is 11.1 Å². The molecule has 0 heterocycles. The molecule has 0 saturated carbocycles. The predicted octanol–water partition coefficient (Wildman–Crippen LogP) is 0.391. The molecule has 0 saturated heterocycles. The van der Waals surface area contributed by atoms with Crippen LogP contribution < -0.4 is 11.1 Å². The van der Waals surface area contributed by atoms with Crippen LogP contribution in [0.2, 0.25) is 0 Å². The summed E-state index contributed by atoms with van der Waals surface area (Å²) in [6.45, 7) is 4.25.